The maximum absolute atomic E-state index is 14.2. The van der Waals surface area contributed by atoms with Gasteiger partial charge in [-0.25, -0.2) is 9.87 Å². The van der Waals surface area contributed by atoms with Crippen LogP contribution in [0.1, 0.15) is 45.6 Å². The number of likely N-dealkylation sites (tertiary alicyclic amines) is 1. The number of ether oxygens (including phenoxy) is 1. The van der Waals surface area contributed by atoms with Crippen LogP contribution in [-0.2, 0) is 16.2 Å². The second kappa shape index (κ2) is 7.94. The summed E-state index contributed by atoms with van der Waals surface area (Å²) >= 11 is 0. The summed E-state index contributed by atoms with van der Waals surface area (Å²) in [7, 11) is 1.52. The average molecular weight is 338 g/mol. The lowest BCUT2D eigenvalue weighted by atomic mass is 10.0. The van der Waals surface area contributed by atoms with Crippen molar-refractivity contribution in [2.24, 2.45) is 0 Å². The third-order valence-electron chi connectivity index (χ3n) is 4.03. The fraction of sp³-hybridized carbons (Fsp3) is 0.611. The van der Waals surface area contributed by atoms with Crippen molar-refractivity contribution >= 4 is 5.91 Å². The van der Waals surface area contributed by atoms with Gasteiger partial charge in [-0.3, -0.25) is 14.5 Å². The summed E-state index contributed by atoms with van der Waals surface area (Å²) in [6.45, 7) is 6.69. The maximum atomic E-state index is 14.2. The van der Waals surface area contributed by atoms with E-state index in [-0.39, 0.29) is 17.8 Å². The smallest absolute Gasteiger partial charge is 0.260 e. The number of hydroxylamine groups is 1. The van der Waals surface area contributed by atoms with Crippen LogP contribution < -0.4 is 10.2 Å². The number of amides is 1. The van der Waals surface area contributed by atoms with E-state index in [0.717, 1.165) is 25.8 Å². The minimum Gasteiger partial charge on any atom is -0.496 e. The van der Waals surface area contributed by atoms with Crippen molar-refractivity contribution in [2.45, 2.75) is 58.2 Å². The van der Waals surface area contributed by atoms with Crippen LogP contribution in [0, 0.1) is 5.82 Å². The molecule has 1 aromatic rings. The highest BCUT2D eigenvalue weighted by atomic mass is 19.1. The SMILES string of the molecule is COc1cccc(F)c1CN1CCCCC1C(=O)NOC(C)(C)C. The third kappa shape index (κ3) is 4.92. The summed E-state index contributed by atoms with van der Waals surface area (Å²) < 4.78 is 19.5. The van der Waals surface area contributed by atoms with Gasteiger partial charge in [0.2, 0.25) is 0 Å². The molecule has 1 unspecified atom stereocenters. The van der Waals surface area contributed by atoms with Gasteiger partial charge in [0.15, 0.2) is 0 Å². The average Bonchev–Trinajstić information content (AvgIpc) is 2.54. The number of rotatable bonds is 5. The molecule has 1 amide bonds. The summed E-state index contributed by atoms with van der Waals surface area (Å²) in [6.07, 6.45) is 2.69. The fourth-order valence-electron chi connectivity index (χ4n) is 2.84. The van der Waals surface area contributed by atoms with Gasteiger partial charge in [-0.05, 0) is 52.3 Å². The molecule has 0 saturated carbocycles. The van der Waals surface area contributed by atoms with Crippen LogP contribution in [0.2, 0.25) is 0 Å². The van der Waals surface area contributed by atoms with Crippen LogP contribution in [-0.4, -0.2) is 36.1 Å². The number of carbonyl (C=O) groups is 1. The Kier molecular flexibility index (Phi) is 6.18. The predicted octanol–water partition coefficient (Wildman–Crippen LogP) is 3.04. The van der Waals surface area contributed by atoms with Gasteiger partial charge in [0.1, 0.15) is 11.6 Å². The van der Waals surface area contributed by atoms with E-state index in [9.17, 15) is 9.18 Å². The number of benzene rings is 1. The first-order valence-electron chi connectivity index (χ1n) is 8.35. The molecule has 1 heterocycles. The van der Waals surface area contributed by atoms with Crippen LogP contribution in [0.15, 0.2) is 18.2 Å². The number of hydrogen-bond acceptors (Lipinski definition) is 4. The molecule has 1 aliphatic heterocycles. The van der Waals surface area contributed by atoms with Crippen molar-refractivity contribution in [3.05, 3.63) is 29.6 Å². The van der Waals surface area contributed by atoms with Crippen LogP contribution in [0.3, 0.4) is 0 Å². The van der Waals surface area contributed by atoms with E-state index >= 15 is 0 Å². The summed E-state index contributed by atoms with van der Waals surface area (Å²) in [5.74, 6) is 0.00984. The van der Waals surface area contributed by atoms with E-state index < -0.39 is 5.60 Å². The lowest BCUT2D eigenvalue weighted by Crippen LogP contribution is -2.50. The second-order valence-electron chi connectivity index (χ2n) is 7.08. The lowest BCUT2D eigenvalue weighted by Gasteiger charge is -2.35. The molecular formula is C18H27FN2O3. The highest BCUT2D eigenvalue weighted by molar-refractivity contribution is 5.80. The molecular weight excluding hydrogens is 311 g/mol. The fourth-order valence-corrected chi connectivity index (χ4v) is 2.84. The van der Waals surface area contributed by atoms with E-state index in [0.29, 0.717) is 17.9 Å². The minimum absolute atomic E-state index is 0.181. The standard InChI is InChI=1S/C18H27FN2O3/c1-18(2,3)24-20-17(22)15-9-5-6-11-21(15)12-13-14(19)8-7-10-16(13)23-4/h7-8,10,15H,5-6,9,11-12H2,1-4H3,(H,20,22). The van der Waals surface area contributed by atoms with Crippen molar-refractivity contribution in [1.29, 1.82) is 0 Å². The molecule has 6 heteroatoms. The van der Waals surface area contributed by atoms with Gasteiger partial charge in [-0.15, -0.1) is 0 Å². The monoisotopic (exact) mass is 338 g/mol. The molecule has 1 saturated heterocycles. The normalized spacial score (nSPS) is 19.1. The van der Waals surface area contributed by atoms with Gasteiger partial charge in [-0.1, -0.05) is 12.5 Å². The number of nitrogens with one attached hydrogen (secondary N) is 1. The largest absolute Gasteiger partial charge is 0.496 e. The van der Waals surface area contributed by atoms with Gasteiger partial charge in [0.05, 0.1) is 18.8 Å². The Morgan fingerprint density at radius 2 is 2.12 bits per heavy atom. The first kappa shape index (κ1) is 18.7. The van der Waals surface area contributed by atoms with Gasteiger partial charge < -0.3 is 4.74 Å². The molecule has 0 bridgehead atoms. The molecule has 1 aliphatic rings. The zero-order valence-corrected chi connectivity index (χ0v) is 14.9. The molecule has 134 valence electrons. The first-order chi connectivity index (χ1) is 11.3. The molecule has 1 N–H and O–H groups in total. The Bertz CT molecular complexity index is 572. The first-order valence-corrected chi connectivity index (χ1v) is 8.35. The van der Waals surface area contributed by atoms with Crippen LogP contribution in [0.5, 0.6) is 5.75 Å². The number of carbonyl (C=O) groups excluding carboxylic acids is 1. The lowest BCUT2D eigenvalue weighted by molar-refractivity contribution is -0.152. The Labute approximate surface area is 143 Å². The van der Waals surface area contributed by atoms with Crippen LogP contribution >= 0.6 is 0 Å². The Morgan fingerprint density at radius 3 is 2.79 bits per heavy atom. The highest BCUT2D eigenvalue weighted by Gasteiger charge is 2.31. The van der Waals surface area contributed by atoms with Gasteiger partial charge in [0, 0.05) is 12.1 Å². The molecule has 0 radical (unpaired) electrons. The van der Waals surface area contributed by atoms with E-state index in [1.807, 2.05) is 25.7 Å². The van der Waals surface area contributed by atoms with E-state index in [1.54, 1.807) is 12.1 Å². The van der Waals surface area contributed by atoms with Gasteiger partial charge in [0.25, 0.3) is 5.91 Å². The van der Waals surface area contributed by atoms with E-state index in [2.05, 4.69) is 5.48 Å². The second-order valence-corrected chi connectivity index (χ2v) is 7.08. The van der Waals surface area contributed by atoms with E-state index in [1.165, 1.54) is 13.2 Å². The third-order valence-corrected chi connectivity index (χ3v) is 4.03. The molecule has 0 aromatic heterocycles. The van der Waals surface area contributed by atoms with Gasteiger partial charge >= 0.3 is 0 Å². The predicted molar refractivity (Wildman–Crippen MR) is 90.0 cm³/mol. The number of methoxy groups -OCH3 is 1. The number of halogens is 1. The maximum Gasteiger partial charge on any atom is 0.260 e. The summed E-state index contributed by atoms with van der Waals surface area (Å²) in [6, 6.07) is 4.44. The number of piperidine rings is 1. The highest BCUT2D eigenvalue weighted by Crippen LogP contribution is 2.26. The molecule has 1 atom stereocenters. The van der Waals surface area contributed by atoms with Crippen LogP contribution in [0.4, 0.5) is 4.39 Å². The Balaban J connectivity index is 2.11. The topological polar surface area (TPSA) is 50.8 Å². The van der Waals surface area contributed by atoms with Crippen molar-refractivity contribution < 1.29 is 18.8 Å². The van der Waals surface area contributed by atoms with Crippen molar-refractivity contribution in [1.82, 2.24) is 10.4 Å². The Hall–Kier alpha value is -1.66. The molecule has 0 aliphatic carbocycles. The van der Waals surface area contributed by atoms with Crippen molar-refractivity contribution in [3.8, 4) is 5.75 Å². The zero-order chi connectivity index (χ0) is 17.7. The quantitative estimate of drug-likeness (QED) is 0.839. The number of nitrogens with zero attached hydrogens (tertiary/aromatic N) is 1. The van der Waals surface area contributed by atoms with Crippen LogP contribution in [0.25, 0.3) is 0 Å². The molecule has 2 rings (SSSR count). The van der Waals surface area contributed by atoms with Gasteiger partial charge in [-0.2, -0.15) is 0 Å². The van der Waals surface area contributed by atoms with Crippen molar-refractivity contribution in [3.63, 3.8) is 0 Å². The number of hydrogen-bond donors (Lipinski definition) is 1. The molecule has 0 spiro atoms. The van der Waals surface area contributed by atoms with E-state index in [4.69, 9.17) is 9.57 Å². The summed E-state index contributed by atoms with van der Waals surface area (Å²) in [5.41, 5.74) is 2.57. The summed E-state index contributed by atoms with van der Waals surface area (Å²) in [5, 5.41) is 0. The molecule has 1 fully saturated rings. The summed E-state index contributed by atoms with van der Waals surface area (Å²) in [4.78, 5) is 19.9. The minimum atomic E-state index is -0.454. The molecule has 1 aromatic carbocycles. The van der Waals surface area contributed by atoms with Crippen molar-refractivity contribution in [2.75, 3.05) is 13.7 Å². The zero-order valence-electron chi connectivity index (χ0n) is 14.9. The molecule has 24 heavy (non-hydrogen) atoms. The Morgan fingerprint density at radius 1 is 1.38 bits per heavy atom. The molecule has 5 nitrogen and oxygen atoms in total.